The van der Waals surface area contributed by atoms with Gasteiger partial charge in [-0.2, -0.15) is 0 Å². The SMILES string of the molecule is CN(C(=O)OCc1ccccc1)C(CCCCNC(=O)OC(C)(C)C)C(=O)O. The maximum atomic E-state index is 12.1. The number of carbonyl (C=O) groups is 3. The van der Waals surface area contributed by atoms with Crippen LogP contribution in [0.2, 0.25) is 0 Å². The number of nitrogens with zero attached hydrogens (tertiary/aromatic N) is 1. The lowest BCUT2D eigenvalue weighted by atomic mass is 10.1. The fourth-order valence-electron chi connectivity index (χ4n) is 2.40. The molecule has 0 saturated carbocycles. The predicted octanol–water partition coefficient (Wildman–Crippen LogP) is 3.40. The van der Waals surface area contributed by atoms with Crippen LogP contribution >= 0.6 is 0 Å². The second-order valence-electron chi connectivity index (χ2n) is 7.43. The highest BCUT2D eigenvalue weighted by atomic mass is 16.6. The van der Waals surface area contributed by atoms with Gasteiger partial charge in [0.15, 0.2) is 0 Å². The number of aliphatic carboxylic acids is 1. The lowest BCUT2D eigenvalue weighted by molar-refractivity contribution is -0.142. The smallest absolute Gasteiger partial charge is 0.410 e. The Morgan fingerprint density at radius 1 is 1.14 bits per heavy atom. The largest absolute Gasteiger partial charge is 0.480 e. The van der Waals surface area contributed by atoms with Crippen LogP contribution in [-0.2, 0) is 20.9 Å². The van der Waals surface area contributed by atoms with Gasteiger partial charge in [0.25, 0.3) is 0 Å². The van der Waals surface area contributed by atoms with Gasteiger partial charge >= 0.3 is 18.2 Å². The summed E-state index contributed by atoms with van der Waals surface area (Å²) in [6.45, 7) is 5.77. The van der Waals surface area contributed by atoms with E-state index >= 15 is 0 Å². The molecule has 0 spiro atoms. The molecule has 2 N–H and O–H groups in total. The Bertz CT molecular complexity index is 642. The number of hydrogen-bond acceptors (Lipinski definition) is 5. The van der Waals surface area contributed by atoms with Crippen LogP contribution in [0, 0.1) is 0 Å². The van der Waals surface area contributed by atoms with Crippen LogP contribution in [0.4, 0.5) is 9.59 Å². The Labute approximate surface area is 165 Å². The minimum absolute atomic E-state index is 0.0795. The zero-order valence-electron chi connectivity index (χ0n) is 16.9. The number of carboxylic acid groups (broad SMARTS) is 1. The summed E-state index contributed by atoms with van der Waals surface area (Å²) in [4.78, 5) is 36.3. The third kappa shape index (κ3) is 9.25. The van der Waals surface area contributed by atoms with Crippen LogP contribution in [0.25, 0.3) is 0 Å². The van der Waals surface area contributed by atoms with Crippen molar-refractivity contribution in [2.24, 2.45) is 0 Å². The van der Waals surface area contributed by atoms with E-state index in [1.54, 1.807) is 20.8 Å². The first-order chi connectivity index (χ1) is 13.1. The number of nitrogens with one attached hydrogen (secondary N) is 1. The Morgan fingerprint density at radius 2 is 1.79 bits per heavy atom. The zero-order chi connectivity index (χ0) is 21.2. The van der Waals surface area contributed by atoms with Crippen LogP contribution in [0.5, 0.6) is 0 Å². The summed E-state index contributed by atoms with van der Waals surface area (Å²) in [5.41, 5.74) is 0.255. The summed E-state index contributed by atoms with van der Waals surface area (Å²) in [5, 5.41) is 12.0. The average Bonchev–Trinajstić information content (AvgIpc) is 2.61. The number of rotatable bonds is 9. The Kier molecular flexibility index (Phi) is 9.27. The van der Waals surface area contributed by atoms with Gasteiger partial charge in [0.05, 0.1) is 0 Å². The normalized spacial score (nSPS) is 12.0. The fourth-order valence-corrected chi connectivity index (χ4v) is 2.40. The second kappa shape index (κ2) is 11.2. The summed E-state index contributed by atoms with van der Waals surface area (Å²) in [7, 11) is 1.41. The maximum absolute atomic E-state index is 12.1. The van der Waals surface area contributed by atoms with Gasteiger partial charge in [0, 0.05) is 13.6 Å². The standard InChI is InChI=1S/C20H30N2O6/c1-20(2,3)28-18(25)21-13-9-8-12-16(17(23)24)22(4)19(26)27-14-15-10-6-5-7-11-15/h5-7,10-11,16H,8-9,12-14H2,1-4H3,(H,21,25)(H,23,24). The third-order valence-electron chi connectivity index (χ3n) is 3.82. The van der Waals surface area contributed by atoms with E-state index in [2.05, 4.69) is 5.32 Å². The molecule has 28 heavy (non-hydrogen) atoms. The lowest BCUT2D eigenvalue weighted by Crippen LogP contribution is -2.42. The van der Waals surface area contributed by atoms with Crippen molar-refractivity contribution in [2.45, 2.75) is 58.3 Å². The monoisotopic (exact) mass is 394 g/mol. The summed E-state index contributed by atoms with van der Waals surface area (Å²) in [5.74, 6) is -1.10. The molecule has 0 aliphatic heterocycles. The van der Waals surface area contributed by atoms with Gasteiger partial charge in [-0.25, -0.2) is 14.4 Å². The molecule has 0 aliphatic carbocycles. The van der Waals surface area contributed by atoms with Gasteiger partial charge in [-0.05, 0) is 45.6 Å². The van der Waals surface area contributed by atoms with E-state index < -0.39 is 29.8 Å². The van der Waals surface area contributed by atoms with Crippen molar-refractivity contribution in [2.75, 3.05) is 13.6 Å². The number of carboxylic acids is 1. The Morgan fingerprint density at radius 3 is 2.36 bits per heavy atom. The minimum atomic E-state index is -1.10. The molecule has 1 unspecified atom stereocenters. The molecule has 0 aliphatic rings. The molecule has 0 aromatic heterocycles. The number of ether oxygens (including phenoxy) is 2. The molecule has 1 rings (SSSR count). The van der Waals surface area contributed by atoms with Crippen LogP contribution < -0.4 is 5.32 Å². The first kappa shape index (κ1) is 23.3. The summed E-state index contributed by atoms with van der Waals surface area (Å²) < 4.78 is 10.3. The van der Waals surface area contributed by atoms with Gasteiger partial charge in [-0.3, -0.25) is 4.90 Å². The quantitative estimate of drug-likeness (QED) is 0.622. The van der Waals surface area contributed by atoms with Crippen molar-refractivity contribution in [1.82, 2.24) is 10.2 Å². The second-order valence-corrected chi connectivity index (χ2v) is 7.43. The highest BCUT2D eigenvalue weighted by Gasteiger charge is 2.27. The zero-order valence-corrected chi connectivity index (χ0v) is 16.9. The number of carbonyl (C=O) groups excluding carboxylic acids is 2. The van der Waals surface area contributed by atoms with Gasteiger partial charge in [-0.15, -0.1) is 0 Å². The predicted molar refractivity (Wildman–Crippen MR) is 104 cm³/mol. The first-order valence-corrected chi connectivity index (χ1v) is 9.23. The number of amides is 2. The molecular weight excluding hydrogens is 364 g/mol. The maximum Gasteiger partial charge on any atom is 0.410 e. The molecule has 156 valence electrons. The van der Waals surface area contributed by atoms with Crippen molar-refractivity contribution in [1.29, 1.82) is 0 Å². The Balaban J connectivity index is 2.37. The molecule has 8 nitrogen and oxygen atoms in total. The molecule has 1 aromatic rings. The van der Waals surface area contributed by atoms with Crippen LogP contribution in [-0.4, -0.2) is 53.4 Å². The molecule has 0 saturated heterocycles. The van der Waals surface area contributed by atoms with Crippen LogP contribution in [0.1, 0.15) is 45.6 Å². The summed E-state index contributed by atoms with van der Waals surface area (Å²) >= 11 is 0. The van der Waals surface area contributed by atoms with E-state index in [0.29, 0.717) is 19.4 Å². The molecule has 1 atom stereocenters. The van der Waals surface area contributed by atoms with E-state index in [1.165, 1.54) is 7.05 Å². The number of alkyl carbamates (subject to hydrolysis) is 1. The average molecular weight is 394 g/mol. The third-order valence-corrected chi connectivity index (χ3v) is 3.82. The highest BCUT2D eigenvalue weighted by molar-refractivity contribution is 5.79. The van der Waals surface area contributed by atoms with Crippen molar-refractivity contribution < 1.29 is 29.0 Å². The van der Waals surface area contributed by atoms with Crippen molar-refractivity contribution >= 4 is 18.2 Å². The topological polar surface area (TPSA) is 105 Å². The summed E-state index contributed by atoms with van der Waals surface area (Å²) in [6, 6.07) is 8.16. The number of likely N-dealkylation sites (N-methyl/N-ethyl adjacent to an activating group) is 1. The van der Waals surface area contributed by atoms with Crippen LogP contribution in [0.15, 0.2) is 30.3 Å². The lowest BCUT2D eigenvalue weighted by Gasteiger charge is -2.24. The van der Waals surface area contributed by atoms with Crippen molar-refractivity contribution in [3.05, 3.63) is 35.9 Å². The molecule has 0 bridgehead atoms. The minimum Gasteiger partial charge on any atom is -0.480 e. The van der Waals surface area contributed by atoms with Gasteiger partial charge in [0.1, 0.15) is 18.2 Å². The molecule has 2 amide bonds. The van der Waals surface area contributed by atoms with E-state index in [-0.39, 0.29) is 13.0 Å². The van der Waals surface area contributed by atoms with Gasteiger partial charge in [0.2, 0.25) is 0 Å². The first-order valence-electron chi connectivity index (χ1n) is 9.23. The van der Waals surface area contributed by atoms with Gasteiger partial charge < -0.3 is 19.9 Å². The fraction of sp³-hybridized carbons (Fsp3) is 0.550. The molecule has 8 heteroatoms. The molecule has 0 radical (unpaired) electrons. The van der Waals surface area contributed by atoms with Crippen molar-refractivity contribution in [3.8, 4) is 0 Å². The summed E-state index contributed by atoms with van der Waals surface area (Å²) in [6.07, 6.45) is 0.133. The molecule has 1 aromatic carbocycles. The molecule has 0 fully saturated rings. The number of unbranched alkanes of at least 4 members (excludes halogenated alkanes) is 1. The van der Waals surface area contributed by atoms with E-state index in [9.17, 15) is 19.5 Å². The number of hydrogen-bond donors (Lipinski definition) is 2. The van der Waals surface area contributed by atoms with Crippen molar-refractivity contribution in [3.63, 3.8) is 0 Å². The molecular formula is C20H30N2O6. The van der Waals surface area contributed by atoms with E-state index in [0.717, 1.165) is 10.5 Å². The van der Waals surface area contributed by atoms with E-state index in [4.69, 9.17) is 9.47 Å². The Hall–Kier alpha value is -2.77. The molecule has 0 heterocycles. The van der Waals surface area contributed by atoms with Crippen LogP contribution in [0.3, 0.4) is 0 Å². The number of benzene rings is 1. The highest BCUT2D eigenvalue weighted by Crippen LogP contribution is 2.11. The van der Waals surface area contributed by atoms with Gasteiger partial charge in [-0.1, -0.05) is 30.3 Å². The van der Waals surface area contributed by atoms with E-state index in [1.807, 2.05) is 30.3 Å².